The van der Waals surface area contributed by atoms with Crippen LogP contribution in [0.15, 0.2) is 22.5 Å². The SMILES string of the molecule is COc1ccc2c(c1/N=N/N(C)C)CC[C@@H]1[C@@H]2CC[C@]2(C)C(=O)CC[C@@H]12. The van der Waals surface area contributed by atoms with Crippen LogP contribution in [0, 0.1) is 17.3 Å². The fourth-order valence-corrected chi connectivity index (χ4v) is 5.81. The average Bonchev–Trinajstić information content (AvgIpc) is 2.94. The molecule has 0 bridgehead atoms. The van der Waals surface area contributed by atoms with Crippen molar-refractivity contribution in [2.24, 2.45) is 27.6 Å². The zero-order valence-corrected chi connectivity index (χ0v) is 16.3. The molecule has 5 nitrogen and oxygen atoms in total. The zero-order valence-electron chi connectivity index (χ0n) is 16.3. The van der Waals surface area contributed by atoms with Crippen molar-refractivity contribution in [3.63, 3.8) is 0 Å². The number of Topliss-reactive ketones (excluding diaryl/α,β-unsaturated/α-hetero) is 1. The average molecular weight is 355 g/mol. The summed E-state index contributed by atoms with van der Waals surface area (Å²) >= 11 is 0. The smallest absolute Gasteiger partial charge is 0.146 e. The molecule has 2 fully saturated rings. The van der Waals surface area contributed by atoms with Gasteiger partial charge in [0.05, 0.1) is 7.11 Å². The van der Waals surface area contributed by atoms with Crippen molar-refractivity contribution in [1.82, 2.24) is 5.01 Å². The van der Waals surface area contributed by atoms with Crippen LogP contribution < -0.4 is 4.74 Å². The molecule has 4 rings (SSSR count). The standard InChI is InChI=1S/C21H29N3O2/c1-21-12-11-14-13-7-9-18(26-4)20(22-23-24(2)3)16(13)6-5-15(14)17(21)8-10-19(21)25/h7,9,14-15,17H,5-6,8,10-12H2,1-4H3/b23-22+/t14-,15-,17+,21+/m1/s1. The monoisotopic (exact) mass is 355 g/mol. The summed E-state index contributed by atoms with van der Waals surface area (Å²) in [5.74, 6) is 3.02. The highest BCUT2D eigenvalue weighted by molar-refractivity contribution is 5.87. The van der Waals surface area contributed by atoms with Gasteiger partial charge in [0, 0.05) is 25.9 Å². The number of rotatable bonds is 3. The first-order chi connectivity index (χ1) is 12.5. The predicted molar refractivity (Wildman–Crippen MR) is 101 cm³/mol. The van der Waals surface area contributed by atoms with Crippen molar-refractivity contribution in [2.45, 2.75) is 51.4 Å². The van der Waals surface area contributed by atoms with Gasteiger partial charge in [-0.1, -0.05) is 18.2 Å². The third-order valence-electron chi connectivity index (χ3n) is 7.10. The first-order valence-electron chi connectivity index (χ1n) is 9.77. The summed E-state index contributed by atoms with van der Waals surface area (Å²) in [7, 11) is 5.44. The van der Waals surface area contributed by atoms with E-state index in [2.05, 4.69) is 23.3 Å². The van der Waals surface area contributed by atoms with Crippen molar-refractivity contribution in [2.75, 3.05) is 21.2 Å². The summed E-state index contributed by atoms with van der Waals surface area (Å²) in [6.45, 7) is 2.23. The fourth-order valence-electron chi connectivity index (χ4n) is 5.81. The molecule has 4 atom stereocenters. The number of hydrogen-bond donors (Lipinski definition) is 0. The Hall–Kier alpha value is -1.91. The minimum absolute atomic E-state index is 0.0708. The third-order valence-corrected chi connectivity index (χ3v) is 7.10. The van der Waals surface area contributed by atoms with Gasteiger partial charge in [-0.2, -0.15) is 0 Å². The first-order valence-corrected chi connectivity index (χ1v) is 9.77. The minimum Gasteiger partial charge on any atom is -0.494 e. The molecule has 0 radical (unpaired) electrons. The Labute approximate surface area is 155 Å². The minimum atomic E-state index is -0.0708. The summed E-state index contributed by atoms with van der Waals surface area (Å²) < 4.78 is 5.56. The predicted octanol–water partition coefficient (Wildman–Crippen LogP) is 4.68. The van der Waals surface area contributed by atoms with Gasteiger partial charge < -0.3 is 4.74 Å². The second kappa shape index (κ2) is 6.36. The Morgan fingerprint density at radius 1 is 1.19 bits per heavy atom. The largest absolute Gasteiger partial charge is 0.494 e. The van der Waals surface area contributed by atoms with E-state index in [1.807, 2.05) is 20.2 Å². The van der Waals surface area contributed by atoms with E-state index in [4.69, 9.17) is 4.74 Å². The molecule has 0 heterocycles. The van der Waals surface area contributed by atoms with Crippen molar-refractivity contribution >= 4 is 11.5 Å². The van der Waals surface area contributed by atoms with Crippen LogP contribution in [0.25, 0.3) is 0 Å². The normalized spacial score (nSPS) is 32.9. The summed E-state index contributed by atoms with van der Waals surface area (Å²) in [6, 6.07) is 4.28. The molecule has 2 saturated carbocycles. The number of carbonyl (C=O) groups excluding carboxylic acids is 1. The van der Waals surface area contributed by atoms with Gasteiger partial charge in [-0.3, -0.25) is 9.80 Å². The third kappa shape index (κ3) is 2.55. The van der Waals surface area contributed by atoms with Gasteiger partial charge in [0.15, 0.2) is 0 Å². The van der Waals surface area contributed by atoms with E-state index in [9.17, 15) is 4.79 Å². The van der Waals surface area contributed by atoms with Crippen LogP contribution in [0.5, 0.6) is 5.75 Å². The Kier molecular flexibility index (Phi) is 4.28. The van der Waals surface area contributed by atoms with Crippen LogP contribution in [-0.2, 0) is 11.2 Å². The summed E-state index contributed by atoms with van der Waals surface area (Å²) in [4.78, 5) is 12.5. The van der Waals surface area contributed by atoms with Gasteiger partial charge in [0.1, 0.15) is 17.2 Å². The molecule has 0 aliphatic heterocycles. The van der Waals surface area contributed by atoms with Crippen LogP contribution in [0.4, 0.5) is 5.69 Å². The summed E-state index contributed by atoms with van der Waals surface area (Å²) in [6.07, 6.45) is 6.13. The van der Waals surface area contributed by atoms with Gasteiger partial charge in [0.2, 0.25) is 0 Å². The molecular weight excluding hydrogens is 326 g/mol. The van der Waals surface area contributed by atoms with Crippen molar-refractivity contribution in [3.05, 3.63) is 23.3 Å². The van der Waals surface area contributed by atoms with Gasteiger partial charge in [-0.15, -0.1) is 5.11 Å². The lowest BCUT2D eigenvalue weighted by Crippen LogP contribution is -2.42. The summed E-state index contributed by atoms with van der Waals surface area (Å²) in [5, 5.41) is 10.4. The Morgan fingerprint density at radius 3 is 2.73 bits per heavy atom. The number of carbonyl (C=O) groups is 1. The fraction of sp³-hybridized carbons (Fsp3) is 0.667. The van der Waals surface area contributed by atoms with Crippen molar-refractivity contribution in [3.8, 4) is 5.75 Å². The first kappa shape index (κ1) is 17.5. The van der Waals surface area contributed by atoms with Gasteiger partial charge in [-0.05, 0) is 67.1 Å². The van der Waals surface area contributed by atoms with Gasteiger partial charge >= 0.3 is 0 Å². The van der Waals surface area contributed by atoms with Crippen LogP contribution in [-0.4, -0.2) is 32.0 Å². The Balaban J connectivity index is 1.73. The molecule has 0 aromatic heterocycles. The molecule has 0 saturated heterocycles. The van der Waals surface area contributed by atoms with Crippen LogP contribution >= 0.6 is 0 Å². The number of methoxy groups -OCH3 is 1. The number of nitrogens with zero attached hydrogens (tertiary/aromatic N) is 3. The van der Waals surface area contributed by atoms with E-state index >= 15 is 0 Å². The zero-order chi connectivity index (χ0) is 18.5. The lowest BCUT2D eigenvalue weighted by Gasteiger charge is -2.48. The maximum absolute atomic E-state index is 12.5. The summed E-state index contributed by atoms with van der Waals surface area (Å²) in [5.41, 5.74) is 3.52. The second-order valence-electron chi connectivity index (χ2n) is 8.55. The molecule has 140 valence electrons. The molecule has 1 aromatic carbocycles. The number of benzene rings is 1. The second-order valence-corrected chi connectivity index (χ2v) is 8.55. The highest BCUT2D eigenvalue weighted by atomic mass is 16.5. The number of ether oxygens (including phenoxy) is 1. The van der Waals surface area contributed by atoms with Gasteiger partial charge in [-0.25, -0.2) is 0 Å². The van der Waals surface area contributed by atoms with E-state index in [0.29, 0.717) is 23.5 Å². The quantitative estimate of drug-likeness (QED) is 0.584. The van der Waals surface area contributed by atoms with Gasteiger partial charge in [0.25, 0.3) is 0 Å². The maximum Gasteiger partial charge on any atom is 0.146 e. The van der Waals surface area contributed by atoms with E-state index in [0.717, 1.165) is 50.0 Å². The molecule has 0 amide bonds. The van der Waals surface area contributed by atoms with E-state index in [1.54, 1.807) is 12.1 Å². The molecular formula is C21H29N3O2. The highest BCUT2D eigenvalue weighted by Gasteiger charge is 2.54. The number of fused-ring (bicyclic) bond motifs is 5. The van der Waals surface area contributed by atoms with E-state index in [1.165, 1.54) is 11.1 Å². The molecule has 3 aliphatic rings. The van der Waals surface area contributed by atoms with E-state index < -0.39 is 0 Å². The number of ketones is 1. The molecule has 26 heavy (non-hydrogen) atoms. The maximum atomic E-state index is 12.5. The molecule has 0 N–H and O–H groups in total. The van der Waals surface area contributed by atoms with Crippen LogP contribution in [0.1, 0.15) is 56.1 Å². The van der Waals surface area contributed by atoms with Crippen molar-refractivity contribution in [1.29, 1.82) is 0 Å². The lowest BCUT2D eigenvalue weighted by molar-refractivity contribution is -0.129. The van der Waals surface area contributed by atoms with Crippen molar-refractivity contribution < 1.29 is 9.53 Å². The van der Waals surface area contributed by atoms with Crippen LogP contribution in [0.2, 0.25) is 0 Å². The van der Waals surface area contributed by atoms with Crippen LogP contribution in [0.3, 0.4) is 0 Å². The molecule has 0 unspecified atom stereocenters. The van der Waals surface area contributed by atoms with E-state index in [-0.39, 0.29) is 5.41 Å². The molecule has 1 aromatic rings. The lowest BCUT2D eigenvalue weighted by atomic mass is 9.55. The molecule has 3 aliphatic carbocycles. The molecule has 0 spiro atoms. The topological polar surface area (TPSA) is 54.3 Å². The highest BCUT2D eigenvalue weighted by Crippen LogP contribution is 2.60. The number of hydrogen-bond acceptors (Lipinski definition) is 4. The Morgan fingerprint density at radius 2 is 2.00 bits per heavy atom. The molecule has 5 heteroatoms. The Bertz CT molecular complexity index is 758.